The van der Waals surface area contributed by atoms with Crippen LogP contribution in [0.25, 0.3) is 0 Å². The van der Waals surface area contributed by atoms with E-state index < -0.39 is 29.3 Å². The van der Waals surface area contributed by atoms with Crippen LogP contribution in [0.3, 0.4) is 0 Å². The van der Waals surface area contributed by atoms with Crippen molar-refractivity contribution in [3.63, 3.8) is 0 Å². The van der Waals surface area contributed by atoms with Gasteiger partial charge < -0.3 is 25.2 Å². The normalized spacial score (nSPS) is 16.8. The molecule has 1 aliphatic heterocycles. The minimum atomic E-state index is -0.625. The molecule has 6 nitrogen and oxygen atoms in total. The van der Waals surface area contributed by atoms with Gasteiger partial charge in [-0.25, -0.2) is 4.79 Å². The van der Waals surface area contributed by atoms with Crippen LogP contribution in [0.5, 0.6) is 17.2 Å². The van der Waals surface area contributed by atoms with E-state index in [1.54, 1.807) is 0 Å². The quantitative estimate of drug-likeness (QED) is 0.349. The number of carbonyl (C=O) groups excluding carboxylic acids is 1. The van der Waals surface area contributed by atoms with Crippen LogP contribution in [0.1, 0.15) is 60.6 Å². The van der Waals surface area contributed by atoms with E-state index in [1.165, 1.54) is 0 Å². The summed E-state index contributed by atoms with van der Waals surface area (Å²) in [5, 5.41) is 37.6. The number of aliphatic hydroxyl groups excluding tert-OH is 1. The number of aliphatic hydroxyl groups is 1. The van der Waals surface area contributed by atoms with Crippen LogP contribution >= 0.6 is 0 Å². The highest BCUT2D eigenvalue weighted by atomic mass is 16.5. The molecular weight excluding hydrogens is 276 g/mol. The molecule has 1 aliphatic rings. The van der Waals surface area contributed by atoms with Gasteiger partial charge in [-0.15, -0.1) is 0 Å². The number of phenols is 3. The molecule has 2 rings (SSSR count). The van der Waals surface area contributed by atoms with Crippen LogP contribution in [-0.4, -0.2) is 33.0 Å². The Hall–Kier alpha value is -1.95. The molecule has 1 aromatic rings. The average molecular weight is 296 g/mol. The maximum Gasteiger partial charge on any atom is 0.339 e. The van der Waals surface area contributed by atoms with Crippen LogP contribution < -0.4 is 0 Å². The lowest BCUT2D eigenvalue weighted by Crippen LogP contribution is -1.99. The first kappa shape index (κ1) is 15.4. The number of carbonyl (C=O) groups is 1. The van der Waals surface area contributed by atoms with Gasteiger partial charge in [0.1, 0.15) is 6.10 Å². The van der Waals surface area contributed by atoms with Crippen molar-refractivity contribution in [2.24, 2.45) is 0 Å². The lowest BCUT2D eigenvalue weighted by molar-refractivity contribution is 0.0360. The minimum absolute atomic E-state index is 0.105. The van der Waals surface area contributed by atoms with E-state index in [9.17, 15) is 20.1 Å². The topological polar surface area (TPSA) is 107 Å². The van der Waals surface area contributed by atoms with Gasteiger partial charge in [-0.1, -0.05) is 19.3 Å². The summed E-state index contributed by atoms with van der Waals surface area (Å²) < 4.78 is 5.19. The van der Waals surface area contributed by atoms with E-state index in [2.05, 4.69) is 0 Å². The molecule has 0 aliphatic carbocycles. The first-order valence-electron chi connectivity index (χ1n) is 7.16. The number of aromatic hydroxyl groups is 3. The fourth-order valence-electron chi connectivity index (χ4n) is 2.58. The van der Waals surface area contributed by atoms with Gasteiger partial charge in [0.15, 0.2) is 11.5 Å². The lowest BCUT2D eigenvalue weighted by Gasteiger charge is -2.12. The smallest absolute Gasteiger partial charge is 0.339 e. The number of unbranched alkanes of at least 4 members (excludes halogenated alkanes) is 4. The number of rotatable bonds is 7. The molecule has 116 valence electrons. The summed E-state index contributed by atoms with van der Waals surface area (Å²) in [6.07, 6.45) is 4.44. The second-order valence-electron chi connectivity index (χ2n) is 5.23. The Morgan fingerprint density at radius 2 is 1.67 bits per heavy atom. The maximum atomic E-state index is 11.7. The first-order chi connectivity index (χ1) is 10.1. The highest BCUT2D eigenvalue weighted by Crippen LogP contribution is 2.48. The molecule has 0 aromatic heterocycles. The van der Waals surface area contributed by atoms with Gasteiger partial charge in [-0.3, -0.25) is 0 Å². The van der Waals surface area contributed by atoms with Gasteiger partial charge in [0.25, 0.3) is 0 Å². The lowest BCUT2D eigenvalue weighted by atomic mass is 9.98. The van der Waals surface area contributed by atoms with Crippen molar-refractivity contribution in [1.82, 2.24) is 0 Å². The molecule has 0 bridgehead atoms. The van der Waals surface area contributed by atoms with Gasteiger partial charge in [-0.2, -0.15) is 0 Å². The molecule has 6 heteroatoms. The third kappa shape index (κ3) is 3.21. The van der Waals surface area contributed by atoms with Crippen molar-refractivity contribution < 1.29 is 30.0 Å². The molecule has 0 radical (unpaired) electrons. The van der Waals surface area contributed by atoms with Crippen LogP contribution in [0.4, 0.5) is 0 Å². The van der Waals surface area contributed by atoms with Crippen LogP contribution in [0.2, 0.25) is 0 Å². The largest absolute Gasteiger partial charge is 0.504 e. The van der Waals surface area contributed by atoms with E-state index in [-0.39, 0.29) is 17.7 Å². The number of fused-ring (bicyclic) bond motifs is 1. The Balaban J connectivity index is 1.99. The Bertz CT molecular complexity index is 525. The summed E-state index contributed by atoms with van der Waals surface area (Å²) in [7, 11) is 0. The molecule has 0 saturated heterocycles. The summed E-state index contributed by atoms with van der Waals surface area (Å²) in [6, 6.07) is 1.12. The minimum Gasteiger partial charge on any atom is -0.504 e. The zero-order valence-electron chi connectivity index (χ0n) is 11.7. The highest BCUT2D eigenvalue weighted by Gasteiger charge is 2.36. The monoisotopic (exact) mass is 296 g/mol. The van der Waals surface area contributed by atoms with E-state index in [4.69, 9.17) is 9.84 Å². The first-order valence-corrected chi connectivity index (χ1v) is 7.16. The van der Waals surface area contributed by atoms with Gasteiger partial charge in [0.2, 0.25) is 5.75 Å². The molecule has 0 saturated carbocycles. The predicted molar refractivity (Wildman–Crippen MR) is 74.4 cm³/mol. The van der Waals surface area contributed by atoms with E-state index in [0.29, 0.717) is 6.42 Å². The summed E-state index contributed by atoms with van der Waals surface area (Å²) in [5.74, 6) is -2.24. The van der Waals surface area contributed by atoms with Crippen molar-refractivity contribution >= 4 is 5.97 Å². The molecule has 1 heterocycles. The zero-order chi connectivity index (χ0) is 15.4. The third-order valence-electron chi connectivity index (χ3n) is 3.71. The number of ether oxygens (including phenoxy) is 1. The molecule has 4 N–H and O–H groups in total. The number of phenolic OH excluding ortho intramolecular Hbond substituents is 3. The molecule has 1 atom stereocenters. The van der Waals surface area contributed by atoms with Crippen LogP contribution in [0, 0.1) is 0 Å². The van der Waals surface area contributed by atoms with Crippen LogP contribution in [-0.2, 0) is 4.74 Å². The Morgan fingerprint density at radius 1 is 1.00 bits per heavy atom. The number of hydrogen-bond acceptors (Lipinski definition) is 6. The molecule has 0 unspecified atom stereocenters. The van der Waals surface area contributed by atoms with E-state index in [0.717, 1.165) is 38.2 Å². The molecule has 21 heavy (non-hydrogen) atoms. The van der Waals surface area contributed by atoms with Crippen molar-refractivity contribution in [2.45, 2.75) is 44.6 Å². The second-order valence-corrected chi connectivity index (χ2v) is 5.23. The average Bonchev–Trinajstić information content (AvgIpc) is 2.77. The van der Waals surface area contributed by atoms with Crippen LogP contribution in [0.15, 0.2) is 6.07 Å². The third-order valence-corrected chi connectivity index (χ3v) is 3.71. The van der Waals surface area contributed by atoms with Gasteiger partial charge in [0, 0.05) is 6.61 Å². The summed E-state index contributed by atoms with van der Waals surface area (Å²) in [4.78, 5) is 11.7. The number of hydrogen-bond donors (Lipinski definition) is 4. The van der Waals surface area contributed by atoms with E-state index in [1.807, 2.05) is 0 Å². The summed E-state index contributed by atoms with van der Waals surface area (Å²) >= 11 is 0. The zero-order valence-corrected chi connectivity index (χ0v) is 11.7. The summed E-state index contributed by atoms with van der Waals surface area (Å²) in [5.41, 5.74) is 0.360. The van der Waals surface area contributed by atoms with Gasteiger partial charge >= 0.3 is 5.97 Å². The van der Waals surface area contributed by atoms with Crippen molar-refractivity contribution in [3.05, 3.63) is 17.2 Å². The molecule has 0 amide bonds. The Labute approximate surface area is 122 Å². The van der Waals surface area contributed by atoms with Crippen molar-refractivity contribution in [3.8, 4) is 17.2 Å². The number of esters is 1. The Morgan fingerprint density at radius 3 is 2.38 bits per heavy atom. The van der Waals surface area contributed by atoms with E-state index >= 15 is 0 Å². The molecule has 0 fully saturated rings. The van der Waals surface area contributed by atoms with Crippen molar-refractivity contribution in [2.75, 3.05) is 6.61 Å². The SMILES string of the molecule is O=C1O[C@H](CCCCCCCO)c2c1cc(O)c(O)c2O. The standard InChI is InChI=1S/C15H20O6/c16-7-5-3-1-2-4-6-11-12-9(15(20)21-11)8-10(17)13(18)14(12)19/h8,11,16-19H,1-7H2/t11-/m1/s1. The second kappa shape index (κ2) is 6.67. The van der Waals surface area contributed by atoms with Gasteiger partial charge in [0.05, 0.1) is 11.1 Å². The van der Waals surface area contributed by atoms with Gasteiger partial charge in [-0.05, 0) is 25.3 Å². The molecule has 0 spiro atoms. The fourth-order valence-corrected chi connectivity index (χ4v) is 2.58. The Kier molecular flexibility index (Phi) is 4.90. The molecular formula is C15H20O6. The van der Waals surface area contributed by atoms with Crippen molar-refractivity contribution in [1.29, 1.82) is 0 Å². The number of benzene rings is 1. The fraction of sp³-hybridized carbons (Fsp3) is 0.533. The summed E-state index contributed by atoms with van der Waals surface area (Å²) in [6.45, 7) is 0.199. The predicted octanol–water partition coefficient (Wildman–Crippen LogP) is 2.35. The highest BCUT2D eigenvalue weighted by molar-refractivity contribution is 5.96. The molecule has 1 aromatic carbocycles. The number of cyclic esters (lactones) is 1. The maximum absolute atomic E-state index is 11.7.